The normalized spacial score (nSPS) is 16.9. The van der Waals surface area contributed by atoms with Crippen molar-refractivity contribution >= 4 is 29.9 Å². The van der Waals surface area contributed by atoms with Crippen LogP contribution in [0, 0.1) is 13.8 Å². The van der Waals surface area contributed by atoms with E-state index in [0.717, 1.165) is 23.5 Å². The van der Waals surface area contributed by atoms with Crippen LogP contribution >= 0.6 is 24.0 Å². The lowest BCUT2D eigenvalue weighted by molar-refractivity contribution is -0.136. The maximum Gasteiger partial charge on any atom is 0.261 e. The van der Waals surface area contributed by atoms with Gasteiger partial charge in [0.15, 0.2) is 12.4 Å². The van der Waals surface area contributed by atoms with E-state index in [9.17, 15) is 4.79 Å². The number of rotatable bonds is 4. The Labute approximate surface area is 164 Å². The summed E-state index contributed by atoms with van der Waals surface area (Å²) in [7, 11) is 1.86. The third kappa shape index (κ3) is 4.14. The van der Waals surface area contributed by atoms with Gasteiger partial charge in [-0.1, -0.05) is 29.8 Å². The molecule has 1 aromatic carbocycles. The fraction of sp³-hybridized carbons (Fsp3) is 0.444. The van der Waals surface area contributed by atoms with E-state index in [0.29, 0.717) is 23.9 Å². The van der Waals surface area contributed by atoms with E-state index in [1.165, 1.54) is 0 Å². The summed E-state index contributed by atoms with van der Waals surface area (Å²) in [6.45, 7) is 5.87. The highest BCUT2D eigenvalue weighted by Crippen LogP contribution is 2.29. The van der Waals surface area contributed by atoms with Crippen LogP contribution in [-0.4, -0.2) is 46.8 Å². The van der Waals surface area contributed by atoms with Crippen LogP contribution in [0.2, 0.25) is 5.02 Å². The van der Waals surface area contributed by atoms with Gasteiger partial charge in [0.1, 0.15) is 5.69 Å². The van der Waals surface area contributed by atoms with Crippen LogP contribution in [0.3, 0.4) is 0 Å². The van der Waals surface area contributed by atoms with E-state index < -0.39 is 0 Å². The number of benzene rings is 1. The van der Waals surface area contributed by atoms with Gasteiger partial charge in [-0.15, -0.1) is 12.4 Å². The molecule has 1 aromatic heterocycles. The molecule has 142 valence electrons. The molecule has 0 spiro atoms. The van der Waals surface area contributed by atoms with E-state index in [2.05, 4.69) is 10.4 Å². The number of piperazine rings is 1. The Morgan fingerprint density at radius 1 is 1.38 bits per heavy atom. The molecule has 6 nitrogen and oxygen atoms in total. The Morgan fingerprint density at radius 3 is 2.77 bits per heavy atom. The summed E-state index contributed by atoms with van der Waals surface area (Å²) in [4.78, 5) is 14.6. The zero-order chi connectivity index (χ0) is 18.0. The first kappa shape index (κ1) is 20.6. The highest BCUT2D eigenvalue weighted by molar-refractivity contribution is 6.31. The largest absolute Gasteiger partial charge is 0.480 e. The predicted molar refractivity (Wildman–Crippen MR) is 104 cm³/mol. The summed E-state index contributed by atoms with van der Waals surface area (Å²) >= 11 is 6.34. The SMILES string of the molecule is Cc1nn(C)c(C)c1OCC(=O)N1CCNCC1c1ccccc1Cl.Cl. The molecule has 2 heterocycles. The summed E-state index contributed by atoms with van der Waals surface area (Å²) in [6.07, 6.45) is 0. The van der Waals surface area contributed by atoms with Crippen LogP contribution in [0.15, 0.2) is 24.3 Å². The van der Waals surface area contributed by atoms with E-state index in [4.69, 9.17) is 16.3 Å². The summed E-state index contributed by atoms with van der Waals surface area (Å²) in [5, 5.41) is 8.32. The first-order valence-corrected chi connectivity index (χ1v) is 8.74. The Hall–Kier alpha value is -1.76. The number of carbonyl (C=O) groups excluding carboxylic acids is 1. The number of ether oxygens (including phenoxy) is 1. The number of nitrogens with zero attached hydrogens (tertiary/aromatic N) is 3. The first-order chi connectivity index (χ1) is 12.0. The van der Waals surface area contributed by atoms with Gasteiger partial charge in [0, 0.05) is 31.7 Å². The molecule has 1 N–H and O–H groups in total. The number of halogens is 2. The molecule has 1 amide bonds. The molecule has 1 unspecified atom stereocenters. The van der Waals surface area contributed by atoms with Crippen molar-refractivity contribution in [1.82, 2.24) is 20.0 Å². The Kier molecular flexibility index (Phi) is 6.92. The van der Waals surface area contributed by atoms with E-state index in [1.54, 1.807) is 4.68 Å². The van der Waals surface area contributed by atoms with Gasteiger partial charge >= 0.3 is 0 Å². The van der Waals surface area contributed by atoms with Gasteiger partial charge in [-0.05, 0) is 25.5 Å². The molecular weight excluding hydrogens is 375 g/mol. The highest BCUT2D eigenvalue weighted by atomic mass is 35.5. The molecule has 1 aliphatic rings. The van der Waals surface area contributed by atoms with Gasteiger partial charge in [0.25, 0.3) is 5.91 Å². The van der Waals surface area contributed by atoms with Crippen molar-refractivity contribution in [2.45, 2.75) is 19.9 Å². The van der Waals surface area contributed by atoms with Gasteiger partial charge in [-0.2, -0.15) is 5.10 Å². The minimum absolute atomic E-state index is 0. The molecule has 3 rings (SSSR count). The molecule has 26 heavy (non-hydrogen) atoms. The monoisotopic (exact) mass is 398 g/mol. The van der Waals surface area contributed by atoms with Crippen molar-refractivity contribution in [2.75, 3.05) is 26.2 Å². The molecule has 1 saturated heterocycles. The number of carbonyl (C=O) groups is 1. The van der Waals surface area contributed by atoms with Gasteiger partial charge < -0.3 is 15.0 Å². The zero-order valence-corrected chi connectivity index (χ0v) is 16.7. The van der Waals surface area contributed by atoms with E-state index >= 15 is 0 Å². The highest BCUT2D eigenvalue weighted by Gasteiger charge is 2.29. The Morgan fingerprint density at radius 2 is 2.12 bits per heavy atom. The zero-order valence-electron chi connectivity index (χ0n) is 15.2. The topological polar surface area (TPSA) is 59.4 Å². The minimum Gasteiger partial charge on any atom is -0.480 e. The number of hydrogen-bond donors (Lipinski definition) is 1. The number of nitrogens with one attached hydrogen (secondary N) is 1. The Balaban J connectivity index is 0.00000243. The molecule has 0 bridgehead atoms. The summed E-state index contributed by atoms with van der Waals surface area (Å²) in [5.41, 5.74) is 2.66. The Bertz CT molecular complexity index is 779. The van der Waals surface area contributed by atoms with Gasteiger partial charge in [0.05, 0.1) is 11.7 Å². The van der Waals surface area contributed by atoms with E-state index in [1.807, 2.05) is 50.1 Å². The lowest BCUT2D eigenvalue weighted by Gasteiger charge is -2.36. The van der Waals surface area contributed by atoms with E-state index in [-0.39, 0.29) is 31.0 Å². The summed E-state index contributed by atoms with van der Waals surface area (Å²) in [5.74, 6) is 0.634. The second-order valence-electron chi connectivity index (χ2n) is 6.24. The second-order valence-corrected chi connectivity index (χ2v) is 6.65. The maximum absolute atomic E-state index is 12.8. The van der Waals surface area contributed by atoms with Crippen LogP contribution in [-0.2, 0) is 11.8 Å². The van der Waals surface area contributed by atoms with Crippen molar-refractivity contribution in [3.63, 3.8) is 0 Å². The average molecular weight is 399 g/mol. The van der Waals surface area contributed by atoms with Gasteiger partial charge in [0.2, 0.25) is 0 Å². The van der Waals surface area contributed by atoms with Crippen LogP contribution in [0.5, 0.6) is 5.75 Å². The number of aryl methyl sites for hydroxylation is 2. The van der Waals surface area contributed by atoms with Crippen LogP contribution in [0.25, 0.3) is 0 Å². The molecule has 1 fully saturated rings. The van der Waals surface area contributed by atoms with Crippen molar-refractivity contribution in [2.24, 2.45) is 7.05 Å². The number of aromatic nitrogens is 2. The van der Waals surface area contributed by atoms with Gasteiger partial charge in [-0.25, -0.2) is 0 Å². The molecule has 8 heteroatoms. The molecule has 1 atom stereocenters. The van der Waals surface area contributed by atoms with Crippen molar-refractivity contribution in [3.8, 4) is 5.75 Å². The number of amides is 1. The quantitative estimate of drug-likeness (QED) is 0.859. The van der Waals surface area contributed by atoms with Crippen molar-refractivity contribution in [1.29, 1.82) is 0 Å². The molecular formula is C18H24Cl2N4O2. The molecule has 0 aliphatic carbocycles. The standard InChI is InChI=1S/C18H23ClN4O2.ClH/c1-12-18(13(2)22(3)21-12)25-11-17(24)23-9-8-20-10-16(23)14-6-4-5-7-15(14)19;/h4-7,16,20H,8-11H2,1-3H3;1H. The van der Waals surface area contributed by atoms with Crippen molar-refractivity contribution in [3.05, 3.63) is 46.2 Å². The van der Waals surface area contributed by atoms with Gasteiger partial charge in [-0.3, -0.25) is 9.48 Å². The van der Waals surface area contributed by atoms with Crippen LogP contribution < -0.4 is 10.1 Å². The summed E-state index contributed by atoms with van der Waals surface area (Å²) in [6, 6.07) is 7.57. The summed E-state index contributed by atoms with van der Waals surface area (Å²) < 4.78 is 7.55. The average Bonchev–Trinajstić information content (AvgIpc) is 2.85. The molecule has 0 saturated carbocycles. The first-order valence-electron chi connectivity index (χ1n) is 8.36. The van der Waals surface area contributed by atoms with Crippen molar-refractivity contribution < 1.29 is 9.53 Å². The van der Waals surface area contributed by atoms with Crippen LogP contribution in [0.4, 0.5) is 0 Å². The third-order valence-electron chi connectivity index (χ3n) is 4.61. The number of hydrogen-bond acceptors (Lipinski definition) is 4. The third-order valence-corrected chi connectivity index (χ3v) is 4.95. The molecule has 2 aromatic rings. The smallest absolute Gasteiger partial charge is 0.261 e. The second kappa shape index (κ2) is 8.75. The minimum atomic E-state index is -0.0883. The fourth-order valence-corrected chi connectivity index (χ4v) is 3.47. The molecule has 0 radical (unpaired) electrons. The lowest BCUT2D eigenvalue weighted by Crippen LogP contribution is -2.50. The predicted octanol–water partition coefficient (Wildman–Crippen LogP) is 2.66. The maximum atomic E-state index is 12.8. The molecule has 1 aliphatic heterocycles. The fourth-order valence-electron chi connectivity index (χ4n) is 3.21. The van der Waals surface area contributed by atoms with Crippen LogP contribution in [0.1, 0.15) is 23.0 Å². The lowest BCUT2D eigenvalue weighted by atomic mass is 10.0.